The summed E-state index contributed by atoms with van der Waals surface area (Å²) in [5.74, 6) is 3.19. The summed E-state index contributed by atoms with van der Waals surface area (Å²) in [7, 11) is 0. The Kier molecular flexibility index (Phi) is 7.10. The summed E-state index contributed by atoms with van der Waals surface area (Å²) in [4.78, 5) is 0. The molecule has 0 radical (unpaired) electrons. The first-order chi connectivity index (χ1) is 10.1. The van der Waals surface area contributed by atoms with Crippen molar-refractivity contribution in [3.63, 3.8) is 0 Å². The molecule has 0 heteroatoms. The molecule has 0 aliphatic heterocycles. The molecule has 2 saturated carbocycles. The molecule has 2 fully saturated rings. The lowest BCUT2D eigenvalue weighted by Gasteiger charge is -2.37. The van der Waals surface area contributed by atoms with E-state index in [2.05, 4.69) is 20.8 Å². The Morgan fingerprint density at radius 1 is 0.714 bits per heavy atom. The molecule has 0 unspecified atom stereocenters. The van der Waals surface area contributed by atoms with Gasteiger partial charge in [-0.2, -0.15) is 0 Å². The fourth-order valence-electron chi connectivity index (χ4n) is 4.95. The Hall–Kier alpha value is 0. The molecule has 21 heavy (non-hydrogen) atoms. The predicted octanol–water partition coefficient (Wildman–Crippen LogP) is 7.37. The minimum Gasteiger partial charge on any atom is -0.0651 e. The SMILES string of the molecule is CCC1CCC(CCCCC2(C)CCC(CC)CC2)CC1. The van der Waals surface area contributed by atoms with Crippen molar-refractivity contribution in [2.24, 2.45) is 23.2 Å². The van der Waals surface area contributed by atoms with E-state index in [0.717, 1.165) is 17.8 Å². The van der Waals surface area contributed by atoms with Gasteiger partial charge in [0.15, 0.2) is 0 Å². The van der Waals surface area contributed by atoms with E-state index in [1.807, 2.05) is 0 Å². The smallest absolute Gasteiger partial charge is 0.0326 e. The van der Waals surface area contributed by atoms with Gasteiger partial charge in [0.1, 0.15) is 0 Å². The zero-order chi connectivity index (χ0) is 15.1. The number of hydrogen-bond donors (Lipinski definition) is 0. The lowest BCUT2D eigenvalue weighted by molar-refractivity contribution is 0.149. The van der Waals surface area contributed by atoms with Crippen molar-refractivity contribution in [1.82, 2.24) is 0 Å². The van der Waals surface area contributed by atoms with Crippen LogP contribution in [0, 0.1) is 23.2 Å². The Morgan fingerprint density at radius 3 is 1.81 bits per heavy atom. The van der Waals surface area contributed by atoms with Gasteiger partial charge in [0, 0.05) is 0 Å². The molecule has 0 saturated heterocycles. The largest absolute Gasteiger partial charge is 0.0651 e. The minimum absolute atomic E-state index is 0.700. The third-order valence-corrected chi connectivity index (χ3v) is 7.08. The summed E-state index contributed by atoms with van der Waals surface area (Å²) in [5, 5.41) is 0. The summed E-state index contributed by atoms with van der Waals surface area (Å²) >= 11 is 0. The first-order valence-electron chi connectivity index (χ1n) is 10.1. The van der Waals surface area contributed by atoms with Crippen LogP contribution in [0.3, 0.4) is 0 Å². The fraction of sp³-hybridized carbons (Fsp3) is 1.00. The topological polar surface area (TPSA) is 0 Å². The number of rotatable bonds is 7. The molecule has 0 aromatic carbocycles. The molecule has 0 atom stereocenters. The Balaban J connectivity index is 1.55. The lowest BCUT2D eigenvalue weighted by Crippen LogP contribution is -2.24. The van der Waals surface area contributed by atoms with Crippen LogP contribution in [0.5, 0.6) is 0 Å². The van der Waals surface area contributed by atoms with E-state index >= 15 is 0 Å². The van der Waals surface area contributed by atoms with Crippen LogP contribution in [0.2, 0.25) is 0 Å². The second-order valence-electron chi connectivity index (χ2n) is 8.70. The van der Waals surface area contributed by atoms with E-state index in [4.69, 9.17) is 0 Å². The summed E-state index contributed by atoms with van der Waals surface area (Å²) in [6.07, 6.45) is 21.0. The average Bonchev–Trinajstić information content (AvgIpc) is 2.53. The summed E-state index contributed by atoms with van der Waals surface area (Å²) in [5.41, 5.74) is 0.700. The first-order valence-corrected chi connectivity index (χ1v) is 10.1. The van der Waals surface area contributed by atoms with Crippen LogP contribution >= 0.6 is 0 Å². The molecule has 0 bridgehead atoms. The maximum absolute atomic E-state index is 2.57. The van der Waals surface area contributed by atoms with Gasteiger partial charge in [-0.3, -0.25) is 0 Å². The molecular formula is C21H40. The summed E-state index contributed by atoms with van der Waals surface area (Å²) < 4.78 is 0. The van der Waals surface area contributed by atoms with E-state index in [1.165, 1.54) is 89.9 Å². The lowest BCUT2D eigenvalue weighted by atomic mass is 9.68. The van der Waals surface area contributed by atoms with E-state index < -0.39 is 0 Å². The predicted molar refractivity (Wildman–Crippen MR) is 94.6 cm³/mol. The Labute approximate surface area is 134 Å². The molecule has 2 aliphatic rings. The molecule has 2 rings (SSSR count). The molecule has 0 amide bonds. The summed E-state index contributed by atoms with van der Waals surface area (Å²) in [6, 6.07) is 0. The monoisotopic (exact) mass is 292 g/mol. The van der Waals surface area contributed by atoms with Gasteiger partial charge in [-0.1, -0.05) is 78.6 Å². The zero-order valence-electron chi connectivity index (χ0n) is 15.1. The highest BCUT2D eigenvalue weighted by Gasteiger charge is 2.29. The molecule has 0 spiro atoms. The minimum atomic E-state index is 0.700. The second kappa shape index (κ2) is 8.59. The number of unbranched alkanes of at least 4 members (excludes halogenated alkanes) is 1. The normalized spacial score (nSPS) is 37.6. The van der Waals surface area contributed by atoms with Crippen LogP contribution in [-0.2, 0) is 0 Å². The maximum Gasteiger partial charge on any atom is -0.0326 e. The van der Waals surface area contributed by atoms with Crippen LogP contribution in [0.15, 0.2) is 0 Å². The highest BCUT2D eigenvalue weighted by molar-refractivity contribution is 4.82. The number of hydrogen-bond acceptors (Lipinski definition) is 0. The Morgan fingerprint density at radius 2 is 1.24 bits per heavy atom. The van der Waals surface area contributed by atoms with Crippen molar-refractivity contribution in [3.05, 3.63) is 0 Å². The molecule has 0 N–H and O–H groups in total. The maximum atomic E-state index is 2.57. The molecule has 0 aromatic rings. The van der Waals surface area contributed by atoms with E-state index in [9.17, 15) is 0 Å². The molecule has 0 heterocycles. The molecule has 124 valence electrons. The third-order valence-electron chi connectivity index (χ3n) is 7.08. The van der Waals surface area contributed by atoms with E-state index in [0.29, 0.717) is 5.41 Å². The Bertz CT molecular complexity index is 264. The van der Waals surface area contributed by atoms with Gasteiger partial charge in [-0.05, 0) is 55.3 Å². The molecular weight excluding hydrogens is 252 g/mol. The molecule has 0 nitrogen and oxygen atoms in total. The second-order valence-corrected chi connectivity index (χ2v) is 8.70. The van der Waals surface area contributed by atoms with Crippen molar-refractivity contribution in [2.75, 3.05) is 0 Å². The van der Waals surface area contributed by atoms with Crippen molar-refractivity contribution in [1.29, 1.82) is 0 Å². The van der Waals surface area contributed by atoms with Gasteiger partial charge in [-0.15, -0.1) is 0 Å². The molecule has 0 aromatic heterocycles. The van der Waals surface area contributed by atoms with Gasteiger partial charge in [0.05, 0.1) is 0 Å². The highest BCUT2D eigenvalue weighted by atomic mass is 14.4. The van der Waals surface area contributed by atoms with Crippen molar-refractivity contribution in [2.45, 2.75) is 111 Å². The average molecular weight is 293 g/mol. The third kappa shape index (κ3) is 5.61. The van der Waals surface area contributed by atoms with Gasteiger partial charge in [-0.25, -0.2) is 0 Å². The summed E-state index contributed by atoms with van der Waals surface area (Å²) in [6.45, 7) is 7.32. The van der Waals surface area contributed by atoms with Gasteiger partial charge in [0.25, 0.3) is 0 Å². The zero-order valence-corrected chi connectivity index (χ0v) is 15.1. The van der Waals surface area contributed by atoms with Gasteiger partial charge < -0.3 is 0 Å². The molecule has 2 aliphatic carbocycles. The highest BCUT2D eigenvalue weighted by Crippen LogP contribution is 2.43. The van der Waals surface area contributed by atoms with Crippen LogP contribution in [-0.4, -0.2) is 0 Å². The van der Waals surface area contributed by atoms with E-state index in [-0.39, 0.29) is 0 Å². The van der Waals surface area contributed by atoms with E-state index in [1.54, 1.807) is 0 Å². The van der Waals surface area contributed by atoms with Gasteiger partial charge >= 0.3 is 0 Å². The van der Waals surface area contributed by atoms with Crippen LogP contribution < -0.4 is 0 Å². The standard InChI is InChI=1S/C21H40/c1-4-18-9-11-20(12-10-18)8-6-7-15-21(3)16-13-19(5-2)14-17-21/h18-20H,4-17H2,1-3H3. The fourth-order valence-corrected chi connectivity index (χ4v) is 4.95. The van der Waals surface area contributed by atoms with Crippen LogP contribution in [0.1, 0.15) is 111 Å². The van der Waals surface area contributed by atoms with Crippen LogP contribution in [0.25, 0.3) is 0 Å². The van der Waals surface area contributed by atoms with Crippen molar-refractivity contribution in [3.8, 4) is 0 Å². The first kappa shape index (κ1) is 17.4. The quantitative estimate of drug-likeness (QED) is 0.430. The van der Waals surface area contributed by atoms with Gasteiger partial charge in [0.2, 0.25) is 0 Å². The van der Waals surface area contributed by atoms with Crippen LogP contribution in [0.4, 0.5) is 0 Å². The van der Waals surface area contributed by atoms with Crippen molar-refractivity contribution < 1.29 is 0 Å². The van der Waals surface area contributed by atoms with Crippen molar-refractivity contribution >= 4 is 0 Å².